The van der Waals surface area contributed by atoms with E-state index in [4.69, 9.17) is 0 Å². The monoisotopic (exact) mass is 284 g/mol. The molecular formula is C15H12N2O4. The Labute approximate surface area is 119 Å². The molecule has 0 aliphatic carbocycles. The Bertz CT molecular complexity index is 769. The summed E-state index contributed by atoms with van der Waals surface area (Å²) in [5.41, 5.74) is 1.21. The first kappa shape index (κ1) is 13.2. The van der Waals surface area contributed by atoms with Gasteiger partial charge in [-0.15, -0.1) is 0 Å². The molecule has 2 amide bonds. The van der Waals surface area contributed by atoms with Crippen LogP contribution in [0.3, 0.4) is 0 Å². The Hall–Kier alpha value is -2.76. The van der Waals surface area contributed by atoms with Crippen molar-refractivity contribution in [1.29, 1.82) is 0 Å². The second-order valence-electron chi connectivity index (χ2n) is 4.94. The lowest BCUT2D eigenvalue weighted by Crippen LogP contribution is -2.39. The molecule has 0 bridgehead atoms. The molecular weight excluding hydrogens is 272 g/mol. The van der Waals surface area contributed by atoms with Gasteiger partial charge in [-0.05, 0) is 30.2 Å². The van der Waals surface area contributed by atoms with E-state index >= 15 is 0 Å². The summed E-state index contributed by atoms with van der Waals surface area (Å²) in [4.78, 5) is 38.7. The quantitative estimate of drug-likeness (QED) is 0.814. The number of nitrogens with zero attached hydrogens (tertiary/aromatic N) is 1. The van der Waals surface area contributed by atoms with Gasteiger partial charge in [0.1, 0.15) is 0 Å². The highest BCUT2D eigenvalue weighted by Gasteiger charge is 2.29. The van der Waals surface area contributed by atoms with E-state index in [1.54, 1.807) is 18.3 Å². The van der Waals surface area contributed by atoms with Crippen LogP contribution in [0.15, 0.2) is 30.5 Å². The number of carboxylic acids is 1. The third kappa shape index (κ3) is 2.35. The molecule has 0 radical (unpaired) electrons. The highest BCUT2D eigenvalue weighted by Crippen LogP contribution is 2.31. The Morgan fingerprint density at radius 2 is 2.14 bits per heavy atom. The number of piperidine rings is 1. The van der Waals surface area contributed by atoms with Crippen molar-refractivity contribution in [2.24, 2.45) is 0 Å². The smallest absolute Gasteiger partial charge is 0.335 e. The number of carbonyl (C=O) groups is 3. The van der Waals surface area contributed by atoms with Crippen molar-refractivity contribution in [3.63, 3.8) is 0 Å². The molecule has 1 aliphatic heterocycles. The Kier molecular flexibility index (Phi) is 3.13. The van der Waals surface area contributed by atoms with Crippen LogP contribution in [0.1, 0.15) is 34.7 Å². The maximum absolute atomic E-state index is 12.0. The highest BCUT2D eigenvalue weighted by molar-refractivity contribution is 6.04. The average Bonchev–Trinajstić information content (AvgIpc) is 2.46. The minimum Gasteiger partial charge on any atom is -0.478 e. The number of amides is 2. The highest BCUT2D eigenvalue weighted by atomic mass is 16.4. The van der Waals surface area contributed by atoms with Crippen LogP contribution in [0, 0.1) is 0 Å². The first-order chi connectivity index (χ1) is 10.1. The van der Waals surface area contributed by atoms with Crippen LogP contribution in [0.5, 0.6) is 0 Å². The SMILES string of the molecule is O=C1CCC(c2cc(C(=O)O)cc3ncccc23)C(=O)N1. The minimum absolute atomic E-state index is 0.0842. The average molecular weight is 284 g/mol. The number of nitrogens with one attached hydrogen (secondary N) is 1. The molecule has 0 saturated carbocycles. The fraction of sp³-hybridized carbons (Fsp3) is 0.200. The lowest BCUT2D eigenvalue weighted by atomic mass is 9.87. The van der Waals surface area contributed by atoms with Crippen molar-refractivity contribution in [2.45, 2.75) is 18.8 Å². The molecule has 2 aromatic rings. The molecule has 106 valence electrons. The summed E-state index contributed by atoms with van der Waals surface area (Å²) in [5, 5.41) is 12.2. The van der Waals surface area contributed by atoms with Crippen molar-refractivity contribution in [1.82, 2.24) is 10.3 Å². The summed E-state index contributed by atoms with van der Waals surface area (Å²) < 4.78 is 0. The molecule has 3 rings (SSSR count). The standard InChI is InChI=1S/C15H12N2O4/c18-13-4-3-10(14(19)17-13)11-6-8(15(20)21)7-12-9(11)2-1-5-16-12/h1-2,5-7,10H,3-4H2,(H,20,21)(H,17,18,19). The van der Waals surface area contributed by atoms with Gasteiger partial charge in [-0.25, -0.2) is 4.79 Å². The normalized spacial score (nSPS) is 18.6. The van der Waals surface area contributed by atoms with Gasteiger partial charge in [0.05, 0.1) is 17.0 Å². The third-order valence-electron chi connectivity index (χ3n) is 3.61. The Morgan fingerprint density at radius 3 is 2.86 bits per heavy atom. The zero-order valence-electron chi connectivity index (χ0n) is 11.0. The van der Waals surface area contributed by atoms with Crippen molar-refractivity contribution in [3.05, 3.63) is 41.6 Å². The number of aromatic carboxylic acids is 1. The van der Waals surface area contributed by atoms with E-state index in [1.165, 1.54) is 12.1 Å². The van der Waals surface area contributed by atoms with Crippen molar-refractivity contribution in [2.75, 3.05) is 0 Å². The number of fused-ring (bicyclic) bond motifs is 1. The molecule has 6 heteroatoms. The van der Waals surface area contributed by atoms with Gasteiger partial charge < -0.3 is 5.11 Å². The number of rotatable bonds is 2. The summed E-state index contributed by atoms with van der Waals surface area (Å²) in [6.07, 6.45) is 2.19. The van der Waals surface area contributed by atoms with Gasteiger partial charge in [0.2, 0.25) is 11.8 Å². The molecule has 1 aliphatic rings. The minimum atomic E-state index is -1.07. The van der Waals surface area contributed by atoms with Crippen molar-refractivity contribution < 1.29 is 19.5 Å². The Morgan fingerprint density at radius 1 is 1.33 bits per heavy atom. The number of aromatic nitrogens is 1. The molecule has 1 atom stereocenters. The summed E-state index contributed by atoms with van der Waals surface area (Å²) in [7, 11) is 0. The van der Waals surface area contributed by atoms with Gasteiger partial charge >= 0.3 is 5.97 Å². The number of imide groups is 1. The summed E-state index contributed by atoms with van der Waals surface area (Å²) in [6.45, 7) is 0. The van der Waals surface area contributed by atoms with Crippen LogP contribution in [0.4, 0.5) is 0 Å². The lowest BCUT2D eigenvalue weighted by molar-refractivity contribution is -0.134. The topological polar surface area (TPSA) is 96.4 Å². The molecule has 1 aromatic carbocycles. The van der Waals surface area contributed by atoms with E-state index < -0.39 is 11.9 Å². The van der Waals surface area contributed by atoms with E-state index in [0.29, 0.717) is 17.5 Å². The number of carboxylic acid groups (broad SMARTS) is 1. The van der Waals surface area contributed by atoms with Gasteiger partial charge in [-0.1, -0.05) is 6.07 Å². The van der Waals surface area contributed by atoms with E-state index in [2.05, 4.69) is 10.3 Å². The zero-order chi connectivity index (χ0) is 15.0. The van der Waals surface area contributed by atoms with Crippen LogP contribution in [-0.4, -0.2) is 27.9 Å². The number of hydrogen-bond donors (Lipinski definition) is 2. The van der Waals surface area contributed by atoms with Crippen molar-refractivity contribution in [3.8, 4) is 0 Å². The largest absolute Gasteiger partial charge is 0.478 e. The van der Waals surface area contributed by atoms with Crippen LogP contribution in [0.2, 0.25) is 0 Å². The van der Waals surface area contributed by atoms with E-state index in [1.807, 2.05) is 0 Å². The first-order valence-corrected chi connectivity index (χ1v) is 6.52. The molecule has 2 heterocycles. The molecule has 2 N–H and O–H groups in total. The van der Waals surface area contributed by atoms with Gasteiger partial charge in [0.25, 0.3) is 0 Å². The molecule has 0 spiro atoms. The number of carbonyl (C=O) groups excluding carboxylic acids is 2. The molecule has 1 fully saturated rings. The van der Waals surface area contributed by atoms with Crippen LogP contribution >= 0.6 is 0 Å². The van der Waals surface area contributed by atoms with Crippen molar-refractivity contribution >= 4 is 28.7 Å². The second-order valence-corrected chi connectivity index (χ2v) is 4.94. The summed E-state index contributed by atoms with van der Waals surface area (Å²) >= 11 is 0. The van der Waals surface area contributed by atoms with Gasteiger partial charge in [0, 0.05) is 18.0 Å². The predicted octanol–water partition coefficient (Wildman–Crippen LogP) is 1.45. The van der Waals surface area contributed by atoms with Gasteiger partial charge in [0.15, 0.2) is 0 Å². The first-order valence-electron chi connectivity index (χ1n) is 6.52. The molecule has 1 unspecified atom stereocenters. The maximum Gasteiger partial charge on any atom is 0.335 e. The predicted molar refractivity (Wildman–Crippen MR) is 73.8 cm³/mol. The van der Waals surface area contributed by atoms with Crippen LogP contribution in [-0.2, 0) is 9.59 Å². The van der Waals surface area contributed by atoms with Gasteiger partial charge in [-0.3, -0.25) is 19.9 Å². The van der Waals surface area contributed by atoms with E-state index in [9.17, 15) is 19.5 Å². The number of hydrogen-bond acceptors (Lipinski definition) is 4. The molecule has 6 nitrogen and oxygen atoms in total. The fourth-order valence-corrected chi connectivity index (χ4v) is 2.61. The maximum atomic E-state index is 12.0. The second kappa shape index (κ2) is 4.97. The summed E-state index contributed by atoms with van der Waals surface area (Å²) in [6, 6.07) is 6.50. The molecule has 1 aromatic heterocycles. The van der Waals surface area contributed by atoms with E-state index in [-0.39, 0.29) is 23.8 Å². The lowest BCUT2D eigenvalue weighted by Gasteiger charge is -2.22. The fourth-order valence-electron chi connectivity index (χ4n) is 2.61. The van der Waals surface area contributed by atoms with E-state index in [0.717, 1.165) is 5.39 Å². The summed E-state index contributed by atoms with van der Waals surface area (Å²) in [5.74, 6) is -2.29. The molecule has 1 saturated heterocycles. The Balaban J connectivity index is 2.18. The molecule has 21 heavy (non-hydrogen) atoms. The van der Waals surface area contributed by atoms with Crippen LogP contribution < -0.4 is 5.32 Å². The van der Waals surface area contributed by atoms with Crippen LogP contribution in [0.25, 0.3) is 10.9 Å². The number of benzene rings is 1. The third-order valence-corrected chi connectivity index (χ3v) is 3.61. The zero-order valence-corrected chi connectivity index (χ0v) is 11.0. The number of pyridine rings is 1. The van der Waals surface area contributed by atoms with Gasteiger partial charge in [-0.2, -0.15) is 0 Å².